The standard InChI is InChI=1S/C12H15IN2O6/c1-12(2)20-7-6(4-16)19-10(8(7)21-12)15-3-5(13)9(17)14-11(15)18/h3,6-8,10,16H,4H2,1-2H3,(H,14,17,18). The average molecular weight is 410 g/mol. The Kier molecular flexibility index (Phi) is 3.72. The van der Waals surface area contributed by atoms with Crippen molar-refractivity contribution in [1.29, 1.82) is 0 Å². The number of halogens is 1. The number of ether oxygens (including phenoxy) is 3. The highest BCUT2D eigenvalue weighted by Gasteiger charge is 2.55. The third kappa shape index (κ3) is 2.57. The van der Waals surface area contributed by atoms with E-state index in [2.05, 4.69) is 4.98 Å². The lowest BCUT2D eigenvalue weighted by molar-refractivity contribution is -0.200. The SMILES string of the molecule is CC1(C)OC2C(CO)OC(n3cc(I)c(=O)[nH]c3=O)C2O1. The van der Waals surface area contributed by atoms with Crippen LogP contribution in [-0.2, 0) is 14.2 Å². The zero-order chi connectivity index (χ0) is 15.4. The second kappa shape index (κ2) is 5.16. The normalized spacial score (nSPS) is 34.1. The summed E-state index contributed by atoms with van der Waals surface area (Å²) < 4.78 is 18.8. The van der Waals surface area contributed by atoms with Crippen LogP contribution in [0.2, 0.25) is 0 Å². The molecule has 0 aliphatic carbocycles. The maximum Gasteiger partial charge on any atom is 0.330 e. The predicted molar refractivity (Wildman–Crippen MR) is 78.9 cm³/mol. The predicted octanol–water partition coefficient (Wildman–Crippen LogP) is -0.449. The van der Waals surface area contributed by atoms with Crippen molar-refractivity contribution in [3.63, 3.8) is 0 Å². The highest BCUT2D eigenvalue weighted by Crippen LogP contribution is 2.42. The van der Waals surface area contributed by atoms with Crippen LogP contribution in [-0.4, -0.2) is 45.4 Å². The van der Waals surface area contributed by atoms with Crippen LogP contribution in [0.3, 0.4) is 0 Å². The summed E-state index contributed by atoms with van der Waals surface area (Å²) >= 11 is 1.83. The van der Waals surface area contributed by atoms with Crippen molar-refractivity contribution in [1.82, 2.24) is 9.55 Å². The van der Waals surface area contributed by atoms with Gasteiger partial charge in [-0.15, -0.1) is 0 Å². The summed E-state index contributed by atoms with van der Waals surface area (Å²) in [6, 6.07) is 0. The van der Waals surface area contributed by atoms with E-state index in [-0.39, 0.29) is 6.61 Å². The highest BCUT2D eigenvalue weighted by molar-refractivity contribution is 14.1. The zero-order valence-electron chi connectivity index (χ0n) is 11.4. The fourth-order valence-electron chi connectivity index (χ4n) is 2.68. The molecular formula is C12H15IN2O6. The molecule has 0 radical (unpaired) electrons. The second-order valence-corrected chi connectivity index (χ2v) is 6.62. The van der Waals surface area contributed by atoms with Crippen molar-refractivity contribution in [2.75, 3.05) is 6.61 Å². The molecule has 2 aliphatic rings. The average Bonchev–Trinajstić information content (AvgIpc) is 2.87. The summed E-state index contributed by atoms with van der Waals surface area (Å²) in [5.41, 5.74) is -1.04. The summed E-state index contributed by atoms with van der Waals surface area (Å²) in [4.78, 5) is 25.7. The minimum Gasteiger partial charge on any atom is -0.394 e. The van der Waals surface area contributed by atoms with Gasteiger partial charge in [-0.3, -0.25) is 14.3 Å². The third-order valence-corrected chi connectivity index (χ3v) is 4.27. The molecule has 2 aliphatic heterocycles. The summed E-state index contributed by atoms with van der Waals surface area (Å²) in [5, 5.41) is 9.41. The van der Waals surface area contributed by atoms with E-state index < -0.39 is 41.6 Å². The number of fused-ring (bicyclic) bond motifs is 1. The molecule has 0 spiro atoms. The van der Waals surface area contributed by atoms with Crippen LogP contribution >= 0.6 is 22.6 Å². The van der Waals surface area contributed by atoms with Crippen LogP contribution in [0.15, 0.2) is 15.8 Å². The lowest BCUT2D eigenvalue weighted by Gasteiger charge is -2.24. The summed E-state index contributed by atoms with van der Waals surface area (Å²) in [7, 11) is 0. The van der Waals surface area contributed by atoms with Crippen molar-refractivity contribution in [2.24, 2.45) is 0 Å². The molecule has 2 fully saturated rings. The number of hydrogen-bond acceptors (Lipinski definition) is 6. The maximum absolute atomic E-state index is 12.0. The number of aromatic nitrogens is 2. The number of nitrogens with zero attached hydrogens (tertiary/aromatic N) is 1. The van der Waals surface area contributed by atoms with Crippen molar-refractivity contribution in [3.8, 4) is 0 Å². The number of aliphatic hydroxyl groups excluding tert-OH is 1. The first-order valence-electron chi connectivity index (χ1n) is 6.45. The van der Waals surface area contributed by atoms with E-state index in [1.165, 1.54) is 10.8 Å². The highest BCUT2D eigenvalue weighted by atomic mass is 127. The molecule has 2 saturated heterocycles. The summed E-state index contributed by atoms with van der Waals surface area (Å²) in [6.07, 6.45) is -0.925. The first-order chi connectivity index (χ1) is 9.82. The van der Waals surface area contributed by atoms with Crippen molar-refractivity contribution in [2.45, 2.75) is 44.2 Å². The molecule has 0 bridgehead atoms. The molecule has 8 nitrogen and oxygen atoms in total. The van der Waals surface area contributed by atoms with Gasteiger partial charge in [-0.2, -0.15) is 0 Å². The summed E-state index contributed by atoms with van der Waals surface area (Å²) in [5.74, 6) is -0.816. The molecule has 4 unspecified atom stereocenters. The molecule has 0 aromatic carbocycles. The molecule has 2 N–H and O–H groups in total. The molecule has 3 heterocycles. The molecule has 0 amide bonds. The van der Waals surface area contributed by atoms with Gasteiger partial charge >= 0.3 is 5.69 Å². The quantitative estimate of drug-likeness (QED) is 0.641. The Bertz CT molecular complexity index is 668. The van der Waals surface area contributed by atoms with Gasteiger partial charge in [-0.25, -0.2) is 4.79 Å². The number of aromatic amines is 1. The van der Waals surface area contributed by atoms with Crippen molar-refractivity contribution in [3.05, 3.63) is 30.6 Å². The van der Waals surface area contributed by atoms with Crippen LogP contribution in [0.4, 0.5) is 0 Å². The molecule has 116 valence electrons. The van der Waals surface area contributed by atoms with Gasteiger partial charge in [0.05, 0.1) is 10.2 Å². The van der Waals surface area contributed by atoms with Gasteiger partial charge in [-0.1, -0.05) is 0 Å². The van der Waals surface area contributed by atoms with Gasteiger partial charge in [0.2, 0.25) is 0 Å². The van der Waals surface area contributed by atoms with E-state index in [9.17, 15) is 14.7 Å². The topological polar surface area (TPSA) is 103 Å². The Hall–Kier alpha value is -0.750. The monoisotopic (exact) mass is 410 g/mol. The summed E-state index contributed by atoms with van der Waals surface area (Å²) in [6.45, 7) is 3.28. The van der Waals surface area contributed by atoms with Crippen molar-refractivity contribution >= 4 is 22.6 Å². The molecule has 1 aromatic rings. The second-order valence-electron chi connectivity index (χ2n) is 5.46. The largest absolute Gasteiger partial charge is 0.394 e. The lowest BCUT2D eigenvalue weighted by Crippen LogP contribution is -2.38. The first-order valence-corrected chi connectivity index (χ1v) is 7.53. The number of aliphatic hydroxyl groups is 1. The minimum atomic E-state index is -0.816. The van der Waals surface area contributed by atoms with Crippen LogP contribution in [0.1, 0.15) is 20.1 Å². The van der Waals surface area contributed by atoms with E-state index in [0.717, 1.165) is 0 Å². The molecule has 1 aromatic heterocycles. The Morgan fingerprint density at radius 2 is 2.05 bits per heavy atom. The zero-order valence-corrected chi connectivity index (χ0v) is 13.6. The van der Waals surface area contributed by atoms with Gasteiger partial charge in [0, 0.05) is 6.20 Å². The van der Waals surface area contributed by atoms with Crippen LogP contribution in [0.5, 0.6) is 0 Å². The molecular weight excluding hydrogens is 395 g/mol. The smallest absolute Gasteiger partial charge is 0.330 e. The Balaban J connectivity index is 2.01. The van der Waals surface area contributed by atoms with Gasteiger partial charge in [0.15, 0.2) is 12.0 Å². The van der Waals surface area contributed by atoms with Crippen LogP contribution < -0.4 is 11.2 Å². The third-order valence-electron chi connectivity index (χ3n) is 3.50. The Morgan fingerprint density at radius 3 is 2.71 bits per heavy atom. The molecule has 9 heteroatoms. The van der Waals surface area contributed by atoms with E-state index in [4.69, 9.17) is 14.2 Å². The Labute approximate surface area is 133 Å². The van der Waals surface area contributed by atoms with E-state index in [1.54, 1.807) is 13.8 Å². The molecule has 3 rings (SSSR count). The number of rotatable bonds is 2. The van der Waals surface area contributed by atoms with Crippen LogP contribution in [0, 0.1) is 3.57 Å². The molecule has 4 atom stereocenters. The van der Waals surface area contributed by atoms with E-state index in [1.807, 2.05) is 22.6 Å². The Morgan fingerprint density at radius 1 is 1.38 bits per heavy atom. The van der Waals surface area contributed by atoms with E-state index >= 15 is 0 Å². The van der Waals surface area contributed by atoms with Gasteiger partial charge < -0.3 is 19.3 Å². The lowest BCUT2D eigenvalue weighted by atomic mass is 10.1. The fraction of sp³-hybridized carbons (Fsp3) is 0.667. The molecule has 21 heavy (non-hydrogen) atoms. The number of H-pyrrole nitrogens is 1. The van der Waals surface area contributed by atoms with Gasteiger partial charge in [-0.05, 0) is 36.4 Å². The minimum absolute atomic E-state index is 0.244. The van der Waals surface area contributed by atoms with E-state index in [0.29, 0.717) is 3.57 Å². The number of nitrogens with one attached hydrogen (secondary N) is 1. The van der Waals surface area contributed by atoms with Crippen LogP contribution in [0.25, 0.3) is 0 Å². The maximum atomic E-state index is 12.0. The fourth-order valence-corrected chi connectivity index (χ4v) is 3.11. The van der Waals surface area contributed by atoms with Crippen molar-refractivity contribution < 1.29 is 19.3 Å². The molecule has 0 saturated carbocycles. The van der Waals surface area contributed by atoms with Gasteiger partial charge in [0.25, 0.3) is 5.56 Å². The first kappa shape index (κ1) is 15.2. The van der Waals surface area contributed by atoms with Gasteiger partial charge in [0.1, 0.15) is 18.3 Å². The number of hydrogen-bond donors (Lipinski definition) is 2.